The summed E-state index contributed by atoms with van der Waals surface area (Å²) in [7, 11) is 0. The normalized spacial score (nSPS) is 17.2. The first-order valence-corrected chi connectivity index (χ1v) is 11.2. The second-order valence-corrected chi connectivity index (χ2v) is 8.26. The average Bonchev–Trinajstić information content (AvgIpc) is 3.45. The van der Waals surface area contributed by atoms with E-state index >= 15 is 0 Å². The van der Waals surface area contributed by atoms with Gasteiger partial charge in [-0.05, 0) is 48.4 Å². The highest BCUT2D eigenvalue weighted by Crippen LogP contribution is 2.40. The summed E-state index contributed by atoms with van der Waals surface area (Å²) >= 11 is 5.97. The van der Waals surface area contributed by atoms with Crippen LogP contribution in [0.25, 0.3) is 5.76 Å². The van der Waals surface area contributed by atoms with Crippen molar-refractivity contribution in [2.24, 2.45) is 0 Å². The number of likely N-dealkylation sites (tertiary alicyclic amines) is 1. The van der Waals surface area contributed by atoms with Crippen LogP contribution in [-0.4, -0.2) is 44.4 Å². The molecular weight excluding hydrogens is 454 g/mol. The van der Waals surface area contributed by atoms with Gasteiger partial charge < -0.3 is 19.3 Å². The molecule has 0 bridgehead atoms. The fourth-order valence-electron chi connectivity index (χ4n) is 3.96. The first kappa shape index (κ1) is 23.3. The summed E-state index contributed by atoms with van der Waals surface area (Å²) in [5, 5.41) is 11.6. The van der Waals surface area contributed by atoms with Crippen LogP contribution in [0.15, 0.2) is 85.5 Å². The van der Waals surface area contributed by atoms with Crippen molar-refractivity contribution in [3.8, 4) is 5.75 Å². The maximum absolute atomic E-state index is 13.1. The van der Waals surface area contributed by atoms with Crippen molar-refractivity contribution in [2.75, 3.05) is 13.2 Å². The van der Waals surface area contributed by atoms with Gasteiger partial charge in [0.1, 0.15) is 18.1 Å². The minimum absolute atomic E-state index is 0.0507. The molecule has 8 heteroatoms. The first-order valence-electron chi connectivity index (χ1n) is 10.8. The van der Waals surface area contributed by atoms with Gasteiger partial charge in [-0.3, -0.25) is 9.59 Å². The number of carbonyl (C=O) groups is 2. The Morgan fingerprint density at radius 2 is 1.85 bits per heavy atom. The molecule has 1 N–H and O–H groups in total. The lowest BCUT2D eigenvalue weighted by Gasteiger charge is -2.25. The van der Waals surface area contributed by atoms with Crippen molar-refractivity contribution in [1.82, 2.24) is 14.5 Å². The number of carbonyl (C=O) groups excluding carboxylic acids is 2. The van der Waals surface area contributed by atoms with Gasteiger partial charge in [-0.25, -0.2) is 4.98 Å². The summed E-state index contributed by atoms with van der Waals surface area (Å²) in [6.45, 7) is 4.98. The van der Waals surface area contributed by atoms with Crippen molar-refractivity contribution in [2.45, 2.75) is 19.0 Å². The number of amides is 1. The molecule has 1 aliphatic rings. The molecule has 3 aromatic rings. The summed E-state index contributed by atoms with van der Waals surface area (Å²) in [4.78, 5) is 31.7. The number of Topliss-reactive ketones (excluding diaryl/α,β-unsaturated/α-hetero) is 1. The first-order chi connectivity index (χ1) is 16.5. The molecule has 2 aromatic carbocycles. The van der Waals surface area contributed by atoms with Gasteiger partial charge in [-0.2, -0.15) is 0 Å². The average molecular weight is 478 g/mol. The molecule has 0 aliphatic carbocycles. The summed E-state index contributed by atoms with van der Waals surface area (Å²) in [5.74, 6) is -0.951. The molecule has 1 aliphatic heterocycles. The highest BCUT2D eigenvalue weighted by atomic mass is 35.5. The SMILES string of the molecule is C=CCOc1ccc([C@H]2/C(=C(\O)c3ccc(Cl)cc3)C(=O)C(=O)N2CCCn2ccnc2)cc1. The minimum Gasteiger partial charge on any atom is -0.507 e. The summed E-state index contributed by atoms with van der Waals surface area (Å²) in [6, 6.07) is 12.9. The van der Waals surface area contributed by atoms with Crippen molar-refractivity contribution >= 4 is 29.1 Å². The Bertz CT molecular complexity index is 1200. The zero-order valence-electron chi connectivity index (χ0n) is 18.4. The van der Waals surface area contributed by atoms with E-state index in [0.29, 0.717) is 48.0 Å². The van der Waals surface area contributed by atoms with Crippen LogP contribution >= 0.6 is 11.6 Å². The minimum atomic E-state index is -0.730. The van der Waals surface area contributed by atoms with Crippen molar-refractivity contribution in [1.29, 1.82) is 0 Å². The molecule has 0 spiro atoms. The second-order valence-electron chi connectivity index (χ2n) is 7.82. The number of rotatable bonds is 9. The third kappa shape index (κ3) is 4.89. The number of hydrogen-bond donors (Lipinski definition) is 1. The van der Waals surface area contributed by atoms with Crippen molar-refractivity contribution < 1.29 is 19.4 Å². The molecule has 0 unspecified atom stereocenters. The molecule has 1 saturated heterocycles. The Balaban J connectivity index is 1.70. The van der Waals surface area contributed by atoms with Gasteiger partial charge in [0.15, 0.2) is 0 Å². The largest absolute Gasteiger partial charge is 0.507 e. The van der Waals surface area contributed by atoms with Crippen LogP contribution in [0.5, 0.6) is 5.75 Å². The Morgan fingerprint density at radius 1 is 1.12 bits per heavy atom. The fraction of sp³-hybridized carbons (Fsp3) is 0.192. The molecule has 1 amide bonds. The second kappa shape index (κ2) is 10.4. The number of aryl methyl sites for hydroxylation is 1. The molecule has 2 heterocycles. The van der Waals surface area contributed by atoms with Crippen molar-refractivity contribution in [3.05, 3.63) is 102 Å². The van der Waals surface area contributed by atoms with Gasteiger partial charge in [0.2, 0.25) is 0 Å². The van der Waals surface area contributed by atoms with E-state index in [1.165, 1.54) is 4.90 Å². The zero-order valence-corrected chi connectivity index (χ0v) is 19.2. The molecule has 0 saturated carbocycles. The van der Waals surface area contributed by atoms with Crippen LogP contribution in [0, 0.1) is 0 Å². The quantitative estimate of drug-likeness (QED) is 0.210. The van der Waals surface area contributed by atoms with Gasteiger partial charge in [0.25, 0.3) is 11.7 Å². The Labute approximate surface area is 202 Å². The smallest absolute Gasteiger partial charge is 0.295 e. The molecular formula is C26H24ClN3O4. The summed E-state index contributed by atoms with van der Waals surface area (Å²) in [5.41, 5.74) is 1.16. The lowest BCUT2D eigenvalue weighted by Crippen LogP contribution is -2.31. The topological polar surface area (TPSA) is 84.7 Å². The molecule has 1 fully saturated rings. The number of ether oxygens (including phenoxy) is 1. The van der Waals surface area contributed by atoms with E-state index in [4.69, 9.17) is 16.3 Å². The number of nitrogens with zero attached hydrogens (tertiary/aromatic N) is 3. The Hall–Kier alpha value is -3.84. The van der Waals surface area contributed by atoms with Crippen LogP contribution < -0.4 is 4.74 Å². The standard InChI is InChI=1S/C26H24ClN3O4/c1-2-16-34-21-10-6-18(7-11-21)23-22(24(31)19-4-8-20(27)9-5-19)25(32)26(33)30(23)14-3-13-29-15-12-28-17-29/h2,4-12,15,17,23,31H,1,3,13-14,16H2/b24-22+/t23-/m0/s1. The lowest BCUT2D eigenvalue weighted by molar-refractivity contribution is -0.139. The number of aliphatic hydroxyl groups excluding tert-OH is 1. The van der Waals surface area contributed by atoms with Gasteiger partial charge in [-0.15, -0.1) is 0 Å². The monoisotopic (exact) mass is 477 g/mol. The van der Waals surface area contributed by atoms with E-state index in [1.54, 1.807) is 67.1 Å². The number of hydrogen-bond acceptors (Lipinski definition) is 5. The highest BCUT2D eigenvalue weighted by Gasteiger charge is 2.45. The van der Waals surface area contributed by atoms with E-state index < -0.39 is 17.7 Å². The summed E-state index contributed by atoms with van der Waals surface area (Å²) < 4.78 is 7.46. The maximum Gasteiger partial charge on any atom is 0.295 e. The van der Waals surface area contributed by atoms with E-state index in [0.717, 1.165) is 0 Å². The van der Waals surface area contributed by atoms with Crippen LogP contribution in [0.3, 0.4) is 0 Å². The summed E-state index contributed by atoms with van der Waals surface area (Å²) in [6.07, 6.45) is 7.49. The van der Waals surface area contributed by atoms with Gasteiger partial charge in [0, 0.05) is 36.1 Å². The molecule has 7 nitrogen and oxygen atoms in total. The number of ketones is 1. The molecule has 34 heavy (non-hydrogen) atoms. The van der Waals surface area contributed by atoms with Crippen LogP contribution in [0.1, 0.15) is 23.6 Å². The molecule has 4 rings (SSSR count). The van der Waals surface area contributed by atoms with Crippen LogP contribution in [0.2, 0.25) is 5.02 Å². The van der Waals surface area contributed by atoms with Gasteiger partial charge >= 0.3 is 0 Å². The maximum atomic E-state index is 13.1. The van der Waals surface area contributed by atoms with Gasteiger partial charge in [0.05, 0.1) is 17.9 Å². The van der Waals surface area contributed by atoms with E-state index in [-0.39, 0.29) is 11.3 Å². The molecule has 1 aromatic heterocycles. The van der Waals surface area contributed by atoms with Crippen molar-refractivity contribution in [3.63, 3.8) is 0 Å². The molecule has 0 radical (unpaired) electrons. The number of aliphatic hydroxyl groups is 1. The Morgan fingerprint density at radius 3 is 2.50 bits per heavy atom. The van der Waals surface area contributed by atoms with Crippen LogP contribution in [0.4, 0.5) is 0 Å². The van der Waals surface area contributed by atoms with E-state index in [1.807, 2.05) is 10.8 Å². The fourth-order valence-corrected chi connectivity index (χ4v) is 4.09. The zero-order chi connectivity index (χ0) is 24.1. The molecule has 174 valence electrons. The molecule has 1 atom stereocenters. The number of halogens is 1. The predicted molar refractivity (Wildman–Crippen MR) is 129 cm³/mol. The lowest BCUT2D eigenvalue weighted by atomic mass is 9.95. The Kier molecular flexibility index (Phi) is 7.13. The van der Waals surface area contributed by atoms with E-state index in [2.05, 4.69) is 11.6 Å². The number of imidazole rings is 1. The van der Waals surface area contributed by atoms with E-state index in [9.17, 15) is 14.7 Å². The number of aromatic nitrogens is 2. The van der Waals surface area contributed by atoms with Gasteiger partial charge in [-0.1, -0.05) is 36.4 Å². The third-order valence-corrected chi connectivity index (χ3v) is 5.85. The predicted octanol–water partition coefficient (Wildman–Crippen LogP) is 4.61. The third-order valence-electron chi connectivity index (χ3n) is 5.60. The highest BCUT2D eigenvalue weighted by molar-refractivity contribution is 6.46. The van der Waals surface area contributed by atoms with Crippen LogP contribution in [-0.2, 0) is 16.1 Å². The number of benzene rings is 2.